The maximum Gasteiger partial charge on any atom is 0.573 e. The highest BCUT2D eigenvalue weighted by molar-refractivity contribution is 8.03. The molecule has 3 aromatic rings. The van der Waals surface area contributed by atoms with E-state index in [0.717, 1.165) is 23.1 Å². The van der Waals surface area contributed by atoms with Crippen LogP contribution in [0.15, 0.2) is 65.3 Å². The normalized spacial score (nSPS) is 12.3. The van der Waals surface area contributed by atoms with Gasteiger partial charge in [0.05, 0.1) is 10.4 Å². The van der Waals surface area contributed by atoms with Gasteiger partial charge in [0.15, 0.2) is 0 Å². The number of aromatic nitrogens is 1. The number of amides is 1. The number of pyridine rings is 1. The Labute approximate surface area is 186 Å². The van der Waals surface area contributed by atoms with Crippen LogP contribution in [0.5, 0.6) is 11.5 Å². The summed E-state index contributed by atoms with van der Waals surface area (Å²) in [7, 11) is 0. The number of ether oxygens (including phenoxy) is 1. The molecule has 3 N–H and O–H groups in total. The molecule has 2 aromatic carbocycles. The van der Waals surface area contributed by atoms with Crippen molar-refractivity contribution >= 4 is 34.3 Å². The molecule has 0 bridgehead atoms. The number of fused-ring (bicyclic) bond motifs is 1. The van der Waals surface area contributed by atoms with Gasteiger partial charge in [-0.15, -0.1) is 24.9 Å². The predicted molar refractivity (Wildman–Crippen MR) is 118 cm³/mol. The quantitative estimate of drug-likeness (QED) is 0.420. The average Bonchev–Trinajstić information content (AvgIpc) is 2.72. The van der Waals surface area contributed by atoms with Crippen molar-refractivity contribution in [3.05, 3.63) is 70.9 Å². The number of allylic oxidation sites excluding steroid dienone is 1. The molecule has 0 atom stereocenters. The fourth-order valence-electron chi connectivity index (χ4n) is 3.00. The van der Waals surface area contributed by atoms with Gasteiger partial charge in [-0.3, -0.25) is 9.78 Å². The van der Waals surface area contributed by atoms with Crippen molar-refractivity contribution < 1.29 is 27.8 Å². The minimum atomic E-state index is -4.77. The lowest BCUT2D eigenvalue weighted by Crippen LogP contribution is -2.20. The van der Waals surface area contributed by atoms with Gasteiger partial charge >= 0.3 is 6.36 Å². The number of nitrogens with zero attached hydrogens (tertiary/aromatic N) is 1. The Bertz CT molecular complexity index is 1150. The first-order chi connectivity index (χ1) is 15.2. The van der Waals surface area contributed by atoms with Crippen LogP contribution in [-0.2, 0) is 11.3 Å². The summed E-state index contributed by atoms with van der Waals surface area (Å²) in [6.07, 6.45) is -1.38. The van der Waals surface area contributed by atoms with Gasteiger partial charge in [-0.25, -0.2) is 0 Å². The van der Waals surface area contributed by atoms with Gasteiger partial charge in [0, 0.05) is 35.6 Å². The SMILES string of the molecule is CS/C(C(=O)Nc1ccc(OC(F)(F)F)cc1)=C(\C)NCc1ccnc2cc(O)ccc12. The van der Waals surface area contributed by atoms with E-state index in [9.17, 15) is 23.1 Å². The first-order valence-electron chi connectivity index (χ1n) is 9.39. The Kier molecular flexibility index (Phi) is 7.14. The van der Waals surface area contributed by atoms with Crippen molar-refractivity contribution in [1.29, 1.82) is 0 Å². The summed E-state index contributed by atoms with van der Waals surface area (Å²) in [5.74, 6) is -0.631. The molecule has 6 nitrogen and oxygen atoms in total. The van der Waals surface area contributed by atoms with Gasteiger partial charge in [0.25, 0.3) is 5.91 Å². The lowest BCUT2D eigenvalue weighted by atomic mass is 10.1. The molecule has 0 aliphatic rings. The van der Waals surface area contributed by atoms with Crippen molar-refractivity contribution in [2.24, 2.45) is 0 Å². The Morgan fingerprint density at radius 3 is 2.53 bits per heavy atom. The number of halogens is 3. The number of benzene rings is 2. The molecule has 0 spiro atoms. The third-order valence-electron chi connectivity index (χ3n) is 4.46. The summed E-state index contributed by atoms with van der Waals surface area (Å²) in [6, 6.07) is 11.7. The number of anilines is 1. The van der Waals surface area contributed by atoms with E-state index in [0.29, 0.717) is 28.4 Å². The largest absolute Gasteiger partial charge is 0.573 e. The molecule has 168 valence electrons. The summed E-state index contributed by atoms with van der Waals surface area (Å²) in [6.45, 7) is 2.19. The van der Waals surface area contributed by atoms with E-state index < -0.39 is 12.3 Å². The van der Waals surface area contributed by atoms with Crippen molar-refractivity contribution in [2.45, 2.75) is 19.8 Å². The van der Waals surface area contributed by atoms with Gasteiger partial charge in [0.1, 0.15) is 11.5 Å². The lowest BCUT2D eigenvalue weighted by molar-refractivity contribution is -0.274. The molecule has 0 saturated carbocycles. The van der Waals surface area contributed by atoms with Gasteiger partial charge in [-0.05, 0) is 61.2 Å². The van der Waals surface area contributed by atoms with Crippen LogP contribution in [-0.4, -0.2) is 28.6 Å². The van der Waals surface area contributed by atoms with Crippen molar-refractivity contribution in [3.63, 3.8) is 0 Å². The van der Waals surface area contributed by atoms with Crippen LogP contribution >= 0.6 is 11.8 Å². The number of carbonyl (C=O) groups is 1. The standard InChI is InChI=1S/C22H20F3N3O3S/c1-13(27-12-14-9-10-26-19-11-16(29)5-8-18(14)19)20(32-2)21(30)28-15-3-6-17(7-4-15)31-22(23,24)25/h3-11,27,29H,12H2,1-2H3,(H,28,30)/b20-13+. The molecule has 1 heterocycles. The molecule has 0 radical (unpaired) electrons. The topological polar surface area (TPSA) is 83.5 Å². The van der Waals surface area contributed by atoms with Crippen molar-refractivity contribution in [1.82, 2.24) is 10.3 Å². The minimum absolute atomic E-state index is 0.130. The number of carbonyl (C=O) groups excluding carboxylic acids is 1. The van der Waals surface area contributed by atoms with E-state index in [1.54, 1.807) is 37.6 Å². The van der Waals surface area contributed by atoms with Gasteiger partial charge in [-0.2, -0.15) is 0 Å². The molecule has 10 heteroatoms. The maximum atomic E-state index is 12.7. The van der Waals surface area contributed by atoms with E-state index in [2.05, 4.69) is 20.4 Å². The van der Waals surface area contributed by atoms with E-state index in [4.69, 9.17) is 0 Å². The zero-order chi connectivity index (χ0) is 23.3. The molecule has 0 aliphatic heterocycles. The molecular weight excluding hydrogens is 443 g/mol. The van der Waals surface area contributed by atoms with Crippen LogP contribution < -0.4 is 15.4 Å². The number of rotatable bonds is 7. The summed E-state index contributed by atoms with van der Waals surface area (Å²) in [4.78, 5) is 17.4. The van der Waals surface area contributed by atoms with E-state index in [1.807, 2.05) is 6.07 Å². The Balaban J connectivity index is 1.69. The molecule has 32 heavy (non-hydrogen) atoms. The Hall–Kier alpha value is -3.40. The van der Waals surface area contributed by atoms with Crippen molar-refractivity contribution in [3.8, 4) is 11.5 Å². The zero-order valence-corrected chi connectivity index (χ0v) is 18.0. The zero-order valence-electron chi connectivity index (χ0n) is 17.2. The van der Waals surface area contributed by atoms with Crippen LogP contribution in [0.3, 0.4) is 0 Å². The number of thioether (sulfide) groups is 1. The fraction of sp³-hybridized carbons (Fsp3) is 0.182. The van der Waals surface area contributed by atoms with Gasteiger partial charge < -0.3 is 20.5 Å². The fourth-order valence-corrected chi connectivity index (χ4v) is 3.62. The summed E-state index contributed by atoms with van der Waals surface area (Å²) < 4.78 is 40.6. The molecular formula is C22H20F3N3O3S. The second-order valence-corrected chi connectivity index (χ2v) is 7.53. The van der Waals surface area contributed by atoms with Gasteiger partial charge in [-0.1, -0.05) is 0 Å². The first kappa shape index (κ1) is 23.3. The molecule has 0 fully saturated rings. The smallest absolute Gasteiger partial charge is 0.508 e. The van der Waals surface area contributed by atoms with Crippen molar-refractivity contribution in [2.75, 3.05) is 11.6 Å². The highest BCUT2D eigenvalue weighted by Gasteiger charge is 2.31. The van der Waals surface area contributed by atoms with Crippen LogP contribution in [0.4, 0.5) is 18.9 Å². The lowest BCUT2D eigenvalue weighted by Gasteiger charge is -2.14. The molecule has 1 aromatic heterocycles. The van der Waals surface area contributed by atoms with Crippen LogP contribution in [0, 0.1) is 0 Å². The monoisotopic (exact) mass is 463 g/mol. The first-order valence-corrected chi connectivity index (χ1v) is 10.6. The Morgan fingerprint density at radius 1 is 1.16 bits per heavy atom. The van der Waals surface area contributed by atoms with E-state index in [-0.39, 0.29) is 11.5 Å². The number of nitrogens with one attached hydrogen (secondary N) is 2. The molecule has 3 rings (SSSR count). The molecule has 0 saturated heterocycles. The Morgan fingerprint density at radius 2 is 1.88 bits per heavy atom. The van der Waals surface area contributed by atoms with E-state index >= 15 is 0 Å². The number of phenols is 1. The second kappa shape index (κ2) is 9.82. The summed E-state index contributed by atoms with van der Waals surface area (Å²) in [5, 5.41) is 16.4. The average molecular weight is 463 g/mol. The predicted octanol–water partition coefficient (Wildman–Crippen LogP) is 5.16. The summed E-state index contributed by atoms with van der Waals surface area (Å²) in [5.41, 5.74) is 2.57. The number of hydrogen-bond acceptors (Lipinski definition) is 6. The van der Waals surface area contributed by atoms with Crippen LogP contribution in [0.25, 0.3) is 10.9 Å². The third kappa shape index (κ3) is 6.07. The van der Waals surface area contributed by atoms with Crippen LogP contribution in [0.2, 0.25) is 0 Å². The summed E-state index contributed by atoms with van der Waals surface area (Å²) >= 11 is 1.24. The molecule has 0 aliphatic carbocycles. The highest BCUT2D eigenvalue weighted by Crippen LogP contribution is 2.25. The molecule has 1 amide bonds. The minimum Gasteiger partial charge on any atom is -0.508 e. The van der Waals surface area contributed by atoms with Crippen LogP contribution in [0.1, 0.15) is 12.5 Å². The highest BCUT2D eigenvalue weighted by atomic mass is 32.2. The molecule has 0 unspecified atom stereocenters. The number of phenolic OH excluding ortho intramolecular Hbond substituents is 1. The number of aromatic hydroxyl groups is 1. The van der Waals surface area contributed by atoms with Gasteiger partial charge in [0.2, 0.25) is 0 Å². The third-order valence-corrected chi connectivity index (χ3v) is 5.36. The maximum absolute atomic E-state index is 12.7. The number of hydrogen-bond donors (Lipinski definition) is 3. The number of alkyl halides is 3. The van der Waals surface area contributed by atoms with E-state index in [1.165, 1.54) is 23.9 Å². The second-order valence-electron chi connectivity index (χ2n) is 6.71.